The second-order valence-corrected chi connectivity index (χ2v) is 2.84. The second-order valence-electron chi connectivity index (χ2n) is 1.64. The van der Waals surface area contributed by atoms with E-state index in [9.17, 15) is 4.57 Å². The Balaban J connectivity index is -0.000000245. The van der Waals surface area contributed by atoms with Crippen LogP contribution in [0.2, 0.25) is 0 Å². The van der Waals surface area contributed by atoms with Gasteiger partial charge in [0.25, 0.3) is 0 Å². The molecule has 0 aromatic heterocycles. The molecule has 0 aliphatic carbocycles. The van der Waals surface area contributed by atoms with E-state index in [2.05, 4.69) is 4.52 Å². The average molecular weight is 220 g/mol. The Bertz CT molecular complexity index is 111. The number of phosphoric acid groups is 1. The van der Waals surface area contributed by atoms with Crippen LogP contribution < -0.4 is 0 Å². The monoisotopic (exact) mass is 220 g/mol. The first-order chi connectivity index (χ1) is 3.42. The Hall–Kier alpha value is 3.38. The molecule has 0 saturated heterocycles. The Labute approximate surface area is 146 Å². The van der Waals surface area contributed by atoms with Gasteiger partial charge in [-0.2, -0.15) is 0 Å². The Morgan fingerprint density at radius 3 is 1.60 bits per heavy atom. The third kappa shape index (κ3) is 17.5. The van der Waals surface area contributed by atoms with Gasteiger partial charge < -0.3 is 9.79 Å². The second kappa shape index (κ2) is 8.96. The van der Waals surface area contributed by atoms with Crippen LogP contribution in [0.5, 0.6) is 0 Å². The van der Waals surface area contributed by atoms with Gasteiger partial charge in [-0.25, -0.2) is 4.57 Å². The molecule has 0 aliphatic heterocycles. The van der Waals surface area contributed by atoms with Crippen molar-refractivity contribution < 1.29 is 18.9 Å². The standard InChI is InChI=1S/C3H9O4P.2K.2H/c1-3(2)7-8(4,5)6;;;;/h3H,1-2H3,(H2,4,5,6);;;;. The van der Waals surface area contributed by atoms with E-state index in [1.54, 1.807) is 13.8 Å². The third-order valence-electron chi connectivity index (χ3n) is 0.348. The van der Waals surface area contributed by atoms with E-state index < -0.39 is 13.9 Å². The van der Waals surface area contributed by atoms with Crippen LogP contribution in [0.25, 0.3) is 0 Å². The molecular formula is C3H11K2O4P. The maximum absolute atomic E-state index is 9.91. The van der Waals surface area contributed by atoms with Crippen LogP contribution in [0.4, 0.5) is 0 Å². The Morgan fingerprint density at radius 2 is 1.60 bits per heavy atom. The summed E-state index contributed by atoms with van der Waals surface area (Å²) in [6.45, 7) is 3.11. The van der Waals surface area contributed by atoms with Crippen molar-refractivity contribution in [3.8, 4) is 0 Å². The summed E-state index contributed by atoms with van der Waals surface area (Å²) in [6.07, 6.45) is -0.421. The fourth-order valence-electron chi connectivity index (χ4n) is 0.275. The number of hydrogen-bond acceptors (Lipinski definition) is 2. The average Bonchev–Trinajstić information content (AvgIpc) is 1.21. The van der Waals surface area contributed by atoms with Gasteiger partial charge in [-0.05, 0) is 13.8 Å². The normalized spacial score (nSPS) is 10.1. The van der Waals surface area contributed by atoms with Crippen molar-refractivity contribution in [3.05, 3.63) is 0 Å². The Kier molecular flexibility index (Phi) is 17.1. The van der Waals surface area contributed by atoms with Crippen molar-refractivity contribution in [1.82, 2.24) is 0 Å². The van der Waals surface area contributed by atoms with E-state index in [0.29, 0.717) is 0 Å². The van der Waals surface area contributed by atoms with Crippen molar-refractivity contribution in [2.45, 2.75) is 20.0 Å². The van der Waals surface area contributed by atoms with Crippen LogP contribution in [-0.4, -0.2) is 119 Å². The summed E-state index contributed by atoms with van der Waals surface area (Å²) in [5.41, 5.74) is 0. The fourth-order valence-corrected chi connectivity index (χ4v) is 0.824. The number of hydrogen-bond donors (Lipinski definition) is 2. The van der Waals surface area contributed by atoms with Crippen LogP contribution in [0.1, 0.15) is 13.8 Å². The summed E-state index contributed by atoms with van der Waals surface area (Å²) in [6, 6.07) is 0. The molecule has 0 aromatic carbocycles. The zero-order valence-electron chi connectivity index (χ0n) is 4.74. The minimum absolute atomic E-state index is 0. The molecule has 0 aliphatic rings. The predicted molar refractivity (Wildman–Crippen MR) is 42.6 cm³/mol. The molecule has 0 saturated carbocycles. The fraction of sp³-hybridized carbons (Fsp3) is 1.00. The van der Waals surface area contributed by atoms with Crippen LogP contribution in [-0.2, 0) is 9.09 Å². The van der Waals surface area contributed by atoms with Gasteiger partial charge in [0.2, 0.25) is 0 Å². The maximum atomic E-state index is 9.91. The first-order valence-corrected chi connectivity index (χ1v) is 3.69. The molecule has 0 unspecified atom stereocenters. The van der Waals surface area contributed by atoms with E-state index >= 15 is 0 Å². The SMILES string of the molecule is CC(C)OP(=O)(O)O.[KH].[KH]. The van der Waals surface area contributed by atoms with E-state index in [0.717, 1.165) is 0 Å². The predicted octanol–water partition coefficient (Wildman–Crippen LogP) is -0.793. The molecular weight excluding hydrogens is 209 g/mol. The molecule has 0 bridgehead atoms. The van der Waals surface area contributed by atoms with Gasteiger partial charge in [0, 0.05) is 0 Å². The van der Waals surface area contributed by atoms with Gasteiger partial charge in [-0.15, -0.1) is 0 Å². The number of rotatable bonds is 2. The van der Waals surface area contributed by atoms with Crippen LogP contribution >= 0.6 is 7.82 Å². The van der Waals surface area contributed by atoms with Crippen molar-refractivity contribution in [2.75, 3.05) is 0 Å². The topological polar surface area (TPSA) is 66.8 Å². The van der Waals surface area contributed by atoms with E-state index in [1.807, 2.05) is 0 Å². The molecule has 0 spiro atoms. The van der Waals surface area contributed by atoms with E-state index in [4.69, 9.17) is 9.79 Å². The number of phosphoric ester groups is 1. The molecule has 2 N–H and O–H groups in total. The zero-order valence-corrected chi connectivity index (χ0v) is 5.63. The van der Waals surface area contributed by atoms with Crippen molar-refractivity contribution in [1.29, 1.82) is 0 Å². The summed E-state index contributed by atoms with van der Waals surface area (Å²) in [7, 11) is -4.22. The molecule has 4 nitrogen and oxygen atoms in total. The van der Waals surface area contributed by atoms with Crippen molar-refractivity contribution >= 4 is 111 Å². The first-order valence-electron chi connectivity index (χ1n) is 2.16. The third-order valence-corrected chi connectivity index (χ3v) is 1.04. The molecule has 0 rings (SSSR count). The molecule has 54 valence electrons. The van der Waals surface area contributed by atoms with Gasteiger partial charge in [-0.3, -0.25) is 4.52 Å². The van der Waals surface area contributed by atoms with Crippen LogP contribution in [0.3, 0.4) is 0 Å². The Morgan fingerprint density at radius 1 is 1.30 bits per heavy atom. The van der Waals surface area contributed by atoms with Crippen LogP contribution in [0, 0.1) is 0 Å². The quantitative estimate of drug-likeness (QED) is 0.472. The summed E-state index contributed by atoms with van der Waals surface area (Å²) < 4.78 is 14.0. The van der Waals surface area contributed by atoms with E-state index in [-0.39, 0.29) is 103 Å². The van der Waals surface area contributed by atoms with Gasteiger partial charge >= 0.3 is 111 Å². The zero-order chi connectivity index (χ0) is 6.78. The van der Waals surface area contributed by atoms with Crippen molar-refractivity contribution in [2.24, 2.45) is 0 Å². The molecule has 0 aromatic rings. The summed E-state index contributed by atoms with van der Waals surface area (Å²) in [4.78, 5) is 16.2. The molecule has 7 heteroatoms. The van der Waals surface area contributed by atoms with Crippen molar-refractivity contribution in [3.63, 3.8) is 0 Å². The molecule has 0 fully saturated rings. The molecule has 0 heterocycles. The van der Waals surface area contributed by atoms with Crippen LogP contribution in [0.15, 0.2) is 0 Å². The van der Waals surface area contributed by atoms with Gasteiger partial charge in [-0.1, -0.05) is 0 Å². The molecule has 0 atom stereocenters. The molecule has 0 radical (unpaired) electrons. The van der Waals surface area contributed by atoms with Gasteiger partial charge in [0.05, 0.1) is 6.10 Å². The summed E-state index contributed by atoms with van der Waals surface area (Å²) in [5, 5.41) is 0. The van der Waals surface area contributed by atoms with Gasteiger partial charge in [0.1, 0.15) is 0 Å². The first kappa shape index (κ1) is 19.0. The molecule has 10 heavy (non-hydrogen) atoms. The molecule has 0 amide bonds. The van der Waals surface area contributed by atoms with Gasteiger partial charge in [0.15, 0.2) is 0 Å². The summed E-state index contributed by atoms with van der Waals surface area (Å²) in [5.74, 6) is 0. The van der Waals surface area contributed by atoms with E-state index in [1.165, 1.54) is 0 Å². The summed E-state index contributed by atoms with van der Waals surface area (Å²) >= 11 is 0. The minimum atomic E-state index is -4.22.